The van der Waals surface area contributed by atoms with E-state index in [4.69, 9.17) is 9.47 Å². The van der Waals surface area contributed by atoms with Crippen molar-refractivity contribution in [2.24, 2.45) is 0 Å². The molecule has 0 aromatic heterocycles. The molecular weight excluding hydrogens is 333 g/mol. The van der Waals surface area contributed by atoms with E-state index < -0.39 is 13.1 Å². The van der Waals surface area contributed by atoms with Crippen molar-refractivity contribution < 1.29 is 24.3 Å². The Morgan fingerprint density at radius 2 is 2.00 bits per heavy atom. The number of rotatable bonds is 7. The SMILES string of the molecule is COc1ccc(CC(=O)NC(CC2COc3ccccc32)B(O)O)cc1. The van der Waals surface area contributed by atoms with Gasteiger partial charge < -0.3 is 24.8 Å². The number of hydrogen-bond acceptors (Lipinski definition) is 5. The highest BCUT2D eigenvalue weighted by Crippen LogP contribution is 2.36. The van der Waals surface area contributed by atoms with E-state index in [-0.39, 0.29) is 18.2 Å². The number of benzene rings is 2. The number of hydrogen-bond donors (Lipinski definition) is 3. The maximum absolute atomic E-state index is 12.3. The molecule has 3 rings (SSSR count). The van der Waals surface area contributed by atoms with Gasteiger partial charge in [-0.25, -0.2) is 0 Å². The van der Waals surface area contributed by atoms with Gasteiger partial charge in [-0.3, -0.25) is 4.79 Å². The number of fused-ring (bicyclic) bond motifs is 1. The quantitative estimate of drug-likeness (QED) is 0.652. The van der Waals surface area contributed by atoms with Gasteiger partial charge in [-0.2, -0.15) is 0 Å². The Hall–Kier alpha value is -2.51. The largest absolute Gasteiger partial charge is 0.497 e. The lowest BCUT2D eigenvalue weighted by Crippen LogP contribution is -2.47. The van der Waals surface area contributed by atoms with Crippen molar-refractivity contribution in [2.75, 3.05) is 13.7 Å². The summed E-state index contributed by atoms with van der Waals surface area (Å²) in [6.07, 6.45) is 0.550. The Morgan fingerprint density at radius 3 is 2.69 bits per heavy atom. The summed E-state index contributed by atoms with van der Waals surface area (Å²) < 4.78 is 10.7. The zero-order chi connectivity index (χ0) is 18.5. The number of ether oxygens (including phenoxy) is 2. The molecule has 26 heavy (non-hydrogen) atoms. The monoisotopic (exact) mass is 355 g/mol. The highest BCUT2D eigenvalue weighted by Gasteiger charge is 2.32. The van der Waals surface area contributed by atoms with Crippen LogP contribution in [0.15, 0.2) is 48.5 Å². The molecule has 1 heterocycles. The van der Waals surface area contributed by atoms with Crippen LogP contribution >= 0.6 is 0 Å². The average molecular weight is 355 g/mol. The highest BCUT2D eigenvalue weighted by molar-refractivity contribution is 6.43. The summed E-state index contributed by atoms with van der Waals surface area (Å²) in [6, 6.07) is 14.9. The third kappa shape index (κ3) is 4.36. The maximum Gasteiger partial charge on any atom is 0.475 e. The second-order valence-corrected chi connectivity index (χ2v) is 6.39. The van der Waals surface area contributed by atoms with Gasteiger partial charge in [0.2, 0.25) is 5.91 Å². The van der Waals surface area contributed by atoms with Crippen molar-refractivity contribution in [1.82, 2.24) is 5.32 Å². The van der Waals surface area contributed by atoms with Gasteiger partial charge in [-0.15, -0.1) is 0 Å². The minimum Gasteiger partial charge on any atom is -0.497 e. The highest BCUT2D eigenvalue weighted by atomic mass is 16.5. The number of methoxy groups -OCH3 is 1. The zero-order valence-corrected chi connectivity index (χ0v) is 14.6. The first kappa shape index (κ1) is 18.3. The van der Waals surface area contributed by atoms with Crippen LogP contribution in [-0.2, 0) is 11.2 Å². The Balaban J connectivity index is 1.60. The molecule has 0 saturated heterocycles. The lowest BCUT2D eigenvalue weighted by Gasteiger charge is -2.21. The van der Waals surface area contributed by atoms with Crippen LogP contribution in [0, 0.1) is 0 Å². The number of amides is 1. The predicted octanol–water partition coefficient (Wildman–Crippen LogP) is 1.30. The summed E-state index contributed by atoms with van der Waals surface area (Å²) in [5, 5.41) is 22.1. The fraction of sp³-hybridized carbons (Fsp3) is 0.316. The van der Waals surface area contributed by atoms with E-state index in [1.807, 2.05) is 36.4 Å². The molecule has 0 radical (unpaired) electrons. The maximum atomic E-state index is 12.3. The van der Waals surface area contributed by atoms with Crippen molar-refractivity contribution in [3.63, 3.8) is 0 Å². The van der Waals surface area contributed by atoms with Crippen LogP contribution in [0.1, 0.15) is 23.5 Å². The van der Waals surface area contributed by atoms with Crippen LogP contribution < -0.4 is 14.8 Å². The standard InChI is InChI=1S/C19H22BNO5/c1-25-15-8-6-13(7-9-15)10-19(22)21-18(20(23)24)11-14-12-26-17-5-3-2-4-16(14)17/h2-9,14,18,23-24H,10-12H2,1H3,(H,21,22). The smallest absolute Gasteiger partial charge is 0.475 e. The molecule has 2 atom stereocenters. The summed E-state index contributed by atoms with van der Waals surface area (Å²) >= 11 is 0. The molecule has 136 valence electrons. The second kappa shape index (κ2) is 8.25. The van der Waals surface area contributed by atoms with Crippen LogP contribution in [0.2, 0.25) is 0 Å². The van der Waals surface area contributed by atoms with Crippen molar-refractivity contribution >= 4 is 13.0 Å². The Labute approximate surface area is 152 Å². The number of para-hydroxylation sites is 1. The summed E-state index contributed by atoms with van der Waals surface area (Å²) in [5.74, 6) is 0.520. The van der Waals surface area contributed by atoms with Gasteiger partial charge >= 0.3 is 7.12 Å². The molecule has 2 unspecified atom stereocenters. The molecule has 2 aromatic carbocycles. The van der Waals surface area contributed by atoms with E-state index >= 15 is 0 Å². The molecule has 0 aliphatic carbocycles. The van der Waals surface area contributed by atoms with E-state index in [0.717, 1.165) is 22.6 Å². The van der Waals surface area contributed by atoms with E-state index in [9.17, 15) is 14.8 Å². The minimum absolute atomic E-state index is 0.0132. The molecule has 3 N–H and O–H groups in total. The minimum atomic E-state index is -1.64. The van der Waals surface area contributed by atoms with Gasteiger partial charge in [0.15, 0.2) is 0 Å². The summed E-state index contributed by atoms with van der Waals surface area (Å²) in [4.78, 5) is 12.3. The number of carbonyl (C=O) groups excluding carboxylic acids is 1. The van der Waals surface area contributed by atoms with Gasteiger partial charge in [0.05, 0.1) is 26.1 Å². The summed E-state index contributed by atoms with van der Waals surface area (Å²) in [7, 11) is -0.0533. The van der Waals surface area contributed by atoms with Crippen molar-refractivity contribution in [3.8, 4) is 11.5 Å². The molecule has 0 fully saturated rings. The summed E-state index contributed by atoms with van der Waals surface area (Å²) in [6.45, 7) is 0.469. The normalized spacial score (nSPS) is 16.3. The topological polar surface area (TPSA) is 88.0 Å². The predicted molar refractivity (Wildman–Crippen MR) is 98.1 cm³/mol. The molecule has 0 bridgehead atoms. The van der Waals surface area contributed by atoms with Gasteiger partial charge in [-0.05, 0) is 30.2 Å². The van der Waals surface area contributed by atoms with Gasteiger partial charge in [0.25, 0.3) is 0 Å². The molecule has 1 amide bonds. The van der Waals surface area contributed by atoms with E-state index in [1.165, 1.54) is 0 Å². The fourth-order valence-electron chi connectivity index (χ4n) is 3.17. The lowest BCUT2D eigenvalue weighted by atomic mass is 9.73. The Kier molecular flexibility index (Phi) is 5.80. The van der Waals surface area contributed by atoms with Crippen LogP contribution in [0.25, 0.3) is 0 Å². The molecular formula is C19H22BNO5. The first-order valence-electron chi connectivity index (χ1n) is 8.57. The Morgan fingerprint density at radius 1 is 1.27 bits per heavy atom. The molecule has 1 aliphatic heterocycles. The molecule has 6 nitrogen and oxygen atoms in total. The Bertz CT molecular complexity index is 750. The average Bonchev–Trinajstić information content (AvgIpc) is 3.05. The van der Waals surface area contributed by atoms with Crippen molar-refractivity contribution in [3.05, 3.63) is 59.7 Å². The third-order valence-electron chi connectivity index (χ3n) is 4.57. The van der Waals surface area contributed by atoms with E-state index in [2.05, 4.69) is 5.32 Å². The van der Waals surface area contributed by atoms with Crippen molar-refractivity contribution in [1.29, 1.82) is 0 Å². The molecule has 0 saturated carbocycles. The van der Waals surface area contributed by atoms with E-state index in [1.54, 1.807) is 19.2 Å². The second-order valence-electron chi connectivity index (χ2n) is 6.39. The van der Waals surface area contributed by atoms with Crippen LogP contribution in [0.3, 0.4) is 0 Å². The molecule has 7 heteroatoms. The number of carbonyl (C=O) groups is 1. The molecule has 2 aromatic rings. The summed E-state index contributed by atoms with van der Waals surface area (Å²) in [5.41, 5.74) is 1.85. The van der Waals surface area contributed by atoms with Gasteiger partial charge in [0.1, 0.15) is 11.5 Å². The first-order chi connectivity index (χ1) is 12.6. The number of nitrogens with one attached hydrogen (secondary N) is 1. The molecule has 0 spiro atoms. The molecule has 1 aliphatic rings. The van der Waals surface area contributed by atoms with Crippen LogP contribution in [-0.4, -0.2) is 42.7 Å². The van der Waals surface area contributed by atoms with Crippen molar-refractivity contribution in [2.45, 2.75) is 24.7 Å². The fourth-order valence-corrected chi connectivity index (χ4v) is 3.17. The third-order valence-corrected chi connectivity index (χ3v) is 4.57. The van der Waals surface area contributed by atoms with Gasteiger partial charge in [0, 0.05) is 11.5 Å². The van der Waals surface area contributed by atoms with Crippen LogP contribution in [0.5, 0.6) is 11.5 Å². The van der Waals surface area contributed by atoms with Gasteiger partial charge in [-0.1, -0.05) is 30.3 Å². The van der Waals surface area contributed by atoms with Crippen LogP contribution in [0.4, 0.5) is 0 Å². The lowest BCUT2D eigenvalue weighted by molar-refractivity contribution is -0.120. The zero-order valence-electron chi connectivity index (χ0n) is 14.6. The first-order valence-corrected chi connectivity index (χ1v) is 8.57. The van der Waals surface area contributed by atoms with E-state index in [0.29, 0.717) is 13.0 Å².